The molecule has 0 N–H and O–H groups in total. The van der Waals surface area contributed by atoms with Crippen LogP contribution < -0.4 is 0 Å². The number of hydrogen-bond acceptors (Lipinski definition) is 2. The summed E-state index contributed by atoms with van der Waals surface area (Å²) in [4.78, 5) is 0. The van der Waals surface area contributed by atoms with Gasteiger partial charge in [-0.1, -0.05) is 0 Å². The van der Waals surface area contributed by atoms with Gasteiger partial charge in [0.05, 0.1) is 0 Å². The molecule has 0 aromatic carbocycles. The van der Waals surface area contributed by atoms with Gasteiger partial charge in [-0.3, -0.25) is 0 Å². The molecule has 0 saturated heterocycles. The molecular formula is C11H18F6O2. The van der Waals surface area contributed by atoms with Crippen molar-refractivity contribution in [1.29, 1.82) is 0 Å². The van der Waals surface area contributed by atoms with E-state index in [-0.39, 0.29) is 0 Å². The Hall–Kier alpha value is -0.500. The lowest BCUT2D eigenvalue weighted by Gasteiger charge is -2.41. The Morgan fingerprint density at radius 2 is 1.05 bits per heavy atom. The van der Waals surface area contributed by atoms with Crippen molar-refractivity contribution in [1.82, 2.24) is 0 Å². The highest BCUT2D eigenvalue weighted by molar-refractivity contribution is 4.96. The Bertz CT molecular complexity index is 320. The fourth-order valence-electron chi connectivity index (χ4n) is 0.953. The third kappa shape index (κ3) is 3.34. The summed E-state index contributed by atoms with van der Waals surface area (Å²) >= 11 is 0. The highest BCUT2D eigenvalue weighted by Crippen LogP contribution is 2.48. The minimum absolute atomic E-state index is 0.308. The van der Waals surface area contributed by atoms with Crippen LogP contribution in [0.1, 0.15) is 34.6 Å². The molecule has 0 heterocycles. The van der Waals surface area contributed by atoms with Gasteiger partial charge in [0, 0.05) is 14.0 Å². The van der Waals surface area contributed by atoms with Crippen LogP contribution in [-0.4, -0.2) is 36.3 Å². The van der Waals surface area contributed by atoms with Crippen LogP contribution in [0, 0.1) is 0 Å². The Balaban J connectivity index is 5.42. The number of alkyl halides is 6. The molecule has 0 amide bonds. The van der Waals surface area contributed by atoms with Crippen molar-refractivity contribution in [3.63, 3.8) is 0 Å². The maximum atomic E-state index is 13.7. The molecule has 0 aliphatic rings. The van der Waals surface area contributed by atoms with E-state index in [2.05, 4.69) is 9.47 Å². The van der Waals surface area contributed by atoms with E-state index in [1.807, 2.05) is 0 Å². The smallest absolute Gasteiger partial charge is 0.372 e. The van der Waals surface area contributed by atoms with Gasteiger partial charge in [0.1, 0.15) is 11.2 Å². The van der Waals surface area contributed by atoms with E-state index in [1.165, 1.54) is 0 Å². The molecule has 0 bridgehead atoms. The summed E-state index contributed by atoms with van der Waals surface area (Å²) in [6.07, 6.45) is -5.12. The lowest BCUT2D eigenvalue weighted by Crippen LogP contribution is -2.61. The topological polar surface area (TPSA) is 18.5 Å². The van der Waals surface area contributed by atoms with Gasteiger partial charge in [0.25, 0.3) is 5.92 Å². The normalized spacial score (nSPS) is 15.8. The number of rotatable bonds is 6. The average Bonchev–Trinajstić information content (AvgIpc) is 2.13. The number of halogens is 6. The number of ether oxygens (including phenoxy) is 2. The number of methoxy groups -OCH3 is 1. The Morgan fingerprint density at radius 1 is 0.684 bits per heavy atom. The molecule has 0 spiro atoms. The van der Waals surface area contributed by atoms with E-state index in [0.29, 0.717) is 34.6 Å². The summed E-state index contributed by atoms with van der Waals surface area (Å²) in [5, 5.41) is 0. The van der Waals surface area contributed by atoms with Crippen molar-refractivity contribution in [2.75, 3.05) is 7.11 Å². The molecule has 0 fully saturated rings. The first-order valence-corrected chi connectivity index (χ1v) is 5.40. The van der Waals surface area contributed by atoms with Gasteiger partial charge in [-0.2, -0.15) is 17.6 Å². The predicted octanol–water partition coefficient (Wildman–Crippen LogP) is 4.09. The predicted molar refractivity (Wildman–Crippen MR) is 56.8 cm³/mol. The Kier molecular flexibility index (Phi) is 4.68. The maximum Gasteiger partial charge on any atom is 0.423 e. The van der Waals surface area contributed by atoms with E-state index in [0.717, 1.165) is 7.11 Å². The average molecular weight is 296 g/mol. The third-order valence-corrected chi connectivity index (χ3v) is 3.07. The van der Waals surface area contributed by atoms with Crippen LogP contribution in [0.15, 0.2) is 0 Å². The van der Waals surface area contributed by atoms with Crippen molar-refractivity contribution >= 4 is 0 Å². The fraction of sp³-hybridized carbons (Fsp3) is 1.00. The van der Waals surface area contributed by atoms with Gasteiger partial charge in [0.2, 0.25) is 0 Å². The van der Waals surface area contributed by atoms with Gasteiger partial charge in [-0.05, 0) is 27.7 Å². The first-order valence-electron chi connectivity index (χ1n) is 5.40. The SMILES string of the molecule is COC(C)(C)C(F)(F)C(F)(F)OC(C)(C)C(C)(F)F. The first-order chi connectivity index (χ1) is 8.02. The summed E-state index contributed by atoms with van der Waals surface area (Å²) < 4.78 is 88.5. The van der Waals surface area contributed by atoms with E-state index in [9.17, 15) is 26.3 Å². The summed E-state index contributed by atoms with van der Waals surface area (Å²) in [6.45, 7) is 2.94. The maximum absolute atomic E-state index is 13.7. The molecule has 2 nitrogen and oxygen atoms in total. The lowest BCUT2D eigenvalue weighted by molar-refractivity contribution is -0.423. The van der Waals surface area contributed by atoms with Crippen LogP contribution >= 0.6 is 0 Å². The van der Waals surface area contributed by atoms with Gasteiger partial charge in [0.15, 0.2) is 0 Å². The van der Waals surface area contributed by atoms with Gasteiger partial charge >= 0.3 is 12.0 Å². The number of hydrogen-bond donors (Lipinski definition) is 0. The second-order valence-corrected chi connectivity index (χ2v) is 5.31. The summed E-state index contributed by atoms with van der Waals surface area (Å²) in [7, 11) is 0.809. The van der Waals surface area contributed by atoms with E-state index in [1.54, 1.807) is 0 Å². The van der Waals surface area contributed by atoms with Crippen molar-refractivity contribution in [3.05, 3.63) is 0 Å². The molecule has 8 heteroatoms. The van der Waals surface area contributed by atoms with E-state index in [4.69, 9.17) is 0 Å². The molecule has 0 radical (unpaired) electrons. The van der Waals surface area contributed by atoms with Crippen LogP contribution in [-0.2, 0) is 9.47 Å². The van der Waals surface area contributed by atoms with Crippen molar-refractivity contribution in [2.45, 2.75) is 63.8 Å². The first kappa shape index (κ1) is 18.5. The zero-order valence-electron chi connectivity index (χ0n) is 11.6. The van der Waals surface area contributed by atoms with Crippen molar-refractivity contribution in [2.24, 2.45) is 0 Å². The van der Waals surface area contributed by atoms with Crippen LogP contribution in [0.25, 0.3) is 0 Å². The molecule has 0 aliphatic heterocycles. The molecule has 19 heavy (non-hydrogen) atoms. The monoisotopic (exact) mass is 296 g/mol. The highest BCUT2D eigenvalue weighted by Gasteiger charge is 2.69. The standard InChI is InChI=1S/C11H18F6O2/c1-7(2,9(5,12)13)19-11(16,17)10(14,15)8(3,4)18-6/h1-6H3. The van der Waals surface area contributed by atoms with Crippen molar-refractivity contribution in [3.8, 4) is 0 Å². The van der Waals surface area contributed by atoms with Crippen LogP contribution in [0.2, 0.25) is 0 Å². The van der Waals surface area contributed by atoms with Crippen LogP contribution in [0.5, 0.6) is 0 Å². The van der Waals surface area contributed by atoms with Crippen LogP contribution in [0.3, 0.4) is 0 Å². The third-order valence-electron chi connectivity index (χ3n) is 3.07. The quantitative estimate of drug-likeness (QED) is 0.687. The van der Waals surface area contributed by atoms with Crippen molar-refractivity contribution < 1.29 is 35.8 Å². The zero-order chi connectivity index (χ0) is 15.9. The Morgan fingerprint density at radius 3 is 1.32 bits per heavy atom. The second-order valence-electron chi connectivity index (χ2n) is 5.31. The summed E-state index contributed by atoms with van der Waals surface area (Å²) in [6, 6.07) is 0. The molecule has 116 valence electrons. The molecule has 0 atom stereocenters. The fourth-order valence-corrected chi connectivity index (χ4v) is 0.953. The molecule has 0 aromatic rings. The van der Waals surface area contributed by atoms with Gasteiger partial charge in [-0.15, -0.1) is 0 Å². The molecule has 0 aromatic heterocycles. The molecule has 0 unspecified atom stereocenters. The Labute approximate surface area is 108 Å². The molecule has 0 rings (SSSR count). The minimum Gasteiger partial charge on any atom is -0.372 e. The van der Waals surface area contributed by atoms with E-state index < -0.39 is 29.2 Å². The lowest BCUT2D eigenvalue weighted by atomic mass is 9.97. The summed E-state index contributed by atoms with van der Waals surface area (Å²) in [5.74, 6) is -8.53. The molecule has 0 saturated carbocycles. The summed E-state index contributed by atoms with van der Waals surface area (Å²) in [5.41, 5.74) is -5.36. The highest BCUT2D eigenvalue weighted by atomic mass is 19.3. The van der Waals surface area contributed by atoms with Crippen LogP contribution in [0.4, 0.5) is 26.3 Å². The second kappa shape index (κ2) is 4.80. The zero-order valence-corrected chi connectivity index (χ0v) is 11.6. The molecule has 0 aliphatic carbocycles. The largest absolute Gasteiger partial charge is 0.423 e. The van der Waals surface area contributed by atoms with Gasteiger partial charge < -0.3 is 9.47 Å². The van der Waals surface area contributed by atoms with Gasteiger partial charge in [-0.25, -0.2) is 8.78 Å². The minimum atomic E-state index is -5.12. The van der Waals surface area contributed by atoms with E-state index >= 15 is 0 Å². The molecular weight excluding hydrogens is 278 g/mol.